The molecule has 2 aliphatic heterocycles. The van der Waals surface area contributed by atoms with E-state index in [0.29, 0.717) is 13.1 Å². The molecule has 5 rings (SSSR count). The Labute approximate surface area is 176 Å². The van der Waals surface area contributed by atoms with Gasteiger partial charge in [-0.25, -0.2) is 4.98 Å². The van der Waals surface area contributed by atoms with Gasteiger partial charge in [0.15, 0.2) is 0 Å². The maximum atomic E-state index is 13.0. The van der Waals surface area contributed by atoms with Gasteiger partial charge in [-0.15, -0.1) is 0 Å². The van der Waals surface area contributed by atoms with E-state index in [9.17, 15) is 4.79 Å². The van der Waals surface area contributed by atoms with Crippen molar-refractivity contribution in [3.8, 4) is 0 Å². The van der Waals surface area contributed by atoms with Crippen molar-refractivity contribution in [3.05, 3.63) is 54.0 Å². The number of hydrogen-bond donors (Lipinski definition) is 0. The van der Waals surface area contributed by atoms with Gasteiger partial charge in [0, 0.05) is 68.9 Å². The normalized spacial score (nSPS) is 17.6. The highest BCUT2D eigenvalue weighted by Gasteiger charge is 2.25. The number of rotatable bonds is 3. The van der Waals surface area contributed by atoms with Gasteiger partial charge in [-0.1, -0.05) is 6.07 Å². The Kier molecular flexibility index (Phi) is 5.02. The average molecular weight is 405 g/mol. The second-order valence-corrected chi connectivity index (χ2v) is 8.26. The molecule has 0 N–H and O–H groups in total. The topological polar surface area (TPSA) is 57.0 Å². The number of amides is 1. The first-order valence-electron chi connectivity index (χ1n) is 10.9. The van der Waals surface area contributed by atoms with Crippen LogP contribution in [0.15, 0.2) is 42.7 Å². The first kappa shape index (κ1) is 18.9. The maximum Gasteiger partial charge on any atom is 0.255 e. The van der Waals surface area contributed by atoms with Gasteiger partial charge >= 0.3 is 0 Å². The summed E-state index contributed by atoms with van der Waals surface area (Å²) >= 11 is 0. The molecule has 7 nitrogen and oxygen atoms in total. The van der Waals surface area contributed by atoms with Crippen LogP contribution in [0.25, 0.3) is 5.52 Å². The molecular weight excluding hydrogens is 376 g/mol. The van der Waals surface area contributed by atoms with E-state index in [4.69, 9.17) is 9.97 Å². The van der Waals surface area contributed by atoms with Gasteiger partial charge in [0.1, 0.15) is 5.82 Å². The summed E-state index contributed by atoms with van der Waals surface area (Å²) in [6.45, 7) is 7.05. The minimum atomic E-state index is 0.0949. The highest BCUT2D eigenvalue weighted by atomic mass is 16.2. The molecule has 0 aliphatic carbocycles. The molecule has 7 heteroatoms. The number of piperazine rings is 1. The van der Waals surface area contributed by atoms with Gasteiger partial charge in [-0.3, -0.25) is 4.79 Å². The van der Waals surface area contributed by atoms with E-state index in [-0.39, 0.29) is 5.91 Å². The first-order valence-corrected chi connectivity index (χ1v) is 10.9. The minimum absolute atomic E-state index is 0.0949. The van der Waals surface area contributed by atoms with Crippen molar-refractivity contribution in [1.29, 1.82) is 0 Å². The third kappa shape index (κ3) is 3.72. The molecule has 30 heavy (non-hydrogen) atoms. The van der Waals surface area contributed by atoms with Crippen molar-refractivity contribution >= 4 is 23.2 Å². The first-order chi connectivity index (χ1) is 14.7. The number of piperidine rings is 1. The Morgan fingerprint density at radius 3 is 2.47 bits per heavy atom. The molecule has 3 aromatic rings. The van der Waals surface area contributed by atoms with Crippen molar-refractivity contribution in [2.45, 2.75) is 26.2 Å². The predicted molar refractivity (Wildman–Crippen MR) is 118 cm³/mol. The van der Waals surface area contributed by atoms with Gasteiger partial charge in [0.05, 0.1) is 5.56 Å². The summed E-state index contributed by atoms with van der Waals surface area (Å²) in [6.07, 6.45) is 7.65. The molecule has 0 radical (unpaired) electrons. The summed E-state index contributed by atoms with van der Waals surface area (Å²) in [4.78, 5) is 29.1. The lowest BCUT2D eigenvalue weighted by Gasteiger charge is -2.35. The van der Waals surface area contributed by atoms with E-state index >= 15 is 0 Å². The molecule has 0 unspecified atom stereocenters. The molecule has 156 valence electrons. The zero-order chi connectivity index (χ0) is 20.5. The van der Waals surface area contributed by atoms with Crippen LogP contribution in [0.5, 0.6) is 0 Å². The fourth-order valence-corrected chi connectivity index (χ4v) is 4.43. The molecule has 3 aromatic heterocycles. The van der Waals surface area contributed by atoms with Crippen molar-refractivity contribution in [1.82, 2.24) is 19.3 Å². The fraction of sp³-hybridized carbons (Fsp3) is 0.435. The van der Waals surface area contributed by atoms with Gasteiger partial charge in [0.2, 0.25) is 5.95 Å². The third-order valence-electron chi connectivity index (χ3n) is 6.11. The average Bonchev–Trinajstić information content (AvgIpc) is 3.23. The molecule has 2 aliphatic rings. The smallest absolute Gasteiger partial charge is 0.255 e. The summed E-state index contributed by atoms with van der Waals surface area (Å²) in [7, 11) is 0. The van der Waals surface area contributed by atoms with Crippen LogP contribution in [0.3, 0.4) is 0 Å². The number of carbonyl (C=O) groups is 1. The van der Waals surface area contributed by atoms with Gasteiger partial charge in [0.25, 0.3) is 5.91 Å². The Hall–Kier alpha value is -3.09. The van der Waals surface area contributed by atoms with E-state index in [1.807, 2.05) is 52.9 Å². The second-order valence-electron chi connectivity index (χ2n) is 8.26. The Morgan fingerprint density at radius 2 is 1.70 bits per heavy atom. The van der Waals surface area contributed by atoms with E-state index in [2.05, 4.69) is 15.9 Å². The standard InChI is InChI=1S/C23H28N6O/c1-18-15-21(26-8-4-2-5-9-26)25-23(24-18)28-13-11-27(12-14-28)22(30)19-16-20-7-3-6-10-29(20)17-19/h3,6-7,10,15-17H,2,4-5,8-9,11-14H2,1H3. The largest absolute Gasteiger partial charge is 0.356 e. The second kappa shape index (κ2) is 7.97. The summed E-state index contributed by atoms with van der Waals surface area (Å²) in [5, 5.41) is 0. The SMILES string of the molecule is Cc1cc(N2CCCCC2)nc(N2CCN(C(=O)c3cc4ccccn4c3)CC2)n1. The maximum absolute atomic E-state index is 13.0. The van der Waals surface area contributed by atoms with Gasteiger partial charge < -0.3 is 19.1 Å². The number of nitrogens with zero attached hydrogens (tertiary/aromatic N) is 6. The van der Waals surface area contributed by atoms with Crippen molar-refractivity contribution < 1.29 is 4.79 Å². The number of carbonyl (C=O) groups excluding carboxylic acids is 1. The number of hydrogen-bond acceptors (Lipinski definition) is 5. The Balaban J connectivity index is 1.27. The molecule has 2 saturated heterocycles. The highest BCUT2D eigenvalue weighted by Crippen LogP contribution is 2.22. The molecule has 1 amide bonds. The number of aromatic nitrogens is 3. The van der Waals surface area contributed by atoms with Crippen LogP contribution in [-0.2, 0) is 0 Å². The monoisotopic (exact) mass is 404 g/mol. The third-order valence-corrected chi connectivity index (χ3v) is 6.11. The number of pyridine rings is 1. The van der Waals surface area contributed by atoms with Crippen molar-refractivity contribution in [2.24, 2.45) is 0 Å². The van der Waals surface area contributed by atoms with Crippen LogP contribution in [-0.4, -0.2) is 64.4 Å². The lowest BCUT2D eigenvalue weighted by Crippen LogP contribution is -2.49. The van der Waals surface area contributed by atoms with E-state index in [1.54, 1.807) is 0 Å². The molecule has 0 spiro atoms. The molecule has 0 atom stereocenters. The number of aryl methyl sites for hydroxylation is 1. The fourth-order valence-electron chi connectivity index (χ4n) is 4.43. The summed E-state index contributed by atoms with van der Waals surface area (Å²) in [5.41, 5.74) is 2.78. The molecule has 5 heterocycles. The Bertz CT molecular complexity index is 1010. The zero-order valence-electron chi connectivity index (χ0n) is 17.5. The van der Waals surface area contributed by atoms with Crippen LogP contribution >= 0.6 is 0 Å². The lowest BCUT2D eigenvalue weighted by atomic mass is 10.1. The van der Waals surface area contributed by atoms with E-state index in [1.165, 1.54) is 19.3 Å². The molecular formula is C23H28N6O. The summed E-state index contributed by atoms with van der Waals surface area (Å²) < 4.78 is 1.99. The zero-order valence-corrected chi connectivity index (χ0v) is 17.5. The van der Waals surface area contributed by atoms with Gasteiger partial charge in [-0.05, 0) is 44.4 Å². The molecule has 0 aromatic carbocycles. The van der Waals surface area contributed by atoms with Gasteiger partial charge in [-0.2, -0.15) is 4.98 Å². The lowest BCUT2D eigenvalue weighted by molar-refractivity contribution is 0.0746. The summed E-state index contributed by atoms with van der Waals surface area (Å²) in [5.74, 6) is 1.92. The predicted octanol–water partition coefficient (Wildman–Crippen LogP) is 2.99. The number of anilines is 2. The van der Waals surface area contributed by atoms with Crippen LogP contribution in [0, 0.1) is 6.92 Å². The van der Waals surface area contributed by atoms with E-state index in [0.717, 1.165) is 54.7 Å². The Morgan fingerprint density at radius 1 is 0.900 bits per heavy atom. The quantitative estimate of drug-likeness (QED) is 0.672. The van der Waals surface area contributed by atoms with Crippen molar-refractivity contribution in [2.75, 3.05) is 49.1 Å². The highest BCUT2D eigenvalue weighted by molar-refractivity contribution is 5.95. The molecule has 0 saturated carbocycles. The number of fused-ring (bicyclic) bond motifs is 1. The summed E-state index contributed by atoms with van der Waals surface area (Å²) in [6, 6.07) is 10.0. The van der Waals surface area contributed by atoms with Crippen LogP contribution in [0.4, 0.5) is 11.8 Å². The van der Waals surface area contributed by atoms with Crippen LogP contribution in [0.2, 0.25) is 0 Å². The van der Waals surface area contributed by atoms with Crippen LogP contribution in [0.1, 0.15) is 35.3 Å². The molecule has 2 fully saturated rings. The van der Waals surface area contributed by atoms with Crippen LogP contribution < -0.4 is 9.80 Å². The van der Waals surface area contributed by atoms with Crippen molar-refractivity contribution in [3.63, 3.8) is 0 Å². The minimum Gasteiger partial charge on any atom is -0.356 e. The molecule has 0 bridgehead atoms. The van der Waals surface area contributed by atoms with E-state index < -0.39 is 0 Å².